The zero-order valence-corrected chi connectivity index (χ0v) is 13.1. The third-order valence-corrected chi connectivity index (χ3v) is 4.03. The minimum Gasteiger partial charge on any atom is -0.495 e. The van der Waals surface area contributed by atoms with Crippen molar-refractivity contribution in [2.75, 3.05) is 18.7 Å². The number of hydrogen-bond donors (Lipinski definition) is 1. The van der Waals surface area contributed by atoms with Crippen molar-refractivity contribution < 1.29 is 13.7 Å². The van der Waals surface area contributed by atoms with Crippen LogP contribution >= 0.6 is 11.6 Å². The van der Waals surface area contributed by atoms with Crippen LogP contribution in [-0.2, 0) is 10.8 Å². The van der Waals surface area contributed by atoms with Crippen molar-refractivity contribution in [3.05, 3.63) is 53.1 Å². The highest BCUT2D eigenvalue weighted by molar-refractivity contribution is 7.84. The van der Waals surface area contributed by atoms with Crippen LogP contribution in [0.2, 0.25) is 5.02 Å². The molecule has 0 aliphatic carbocycles. The summed E-state index contributed by atoms with van der Waals surface area (Å²) in [7, 11) is 0.452. The molecule has 0 spiro atoms. The lowest BCUT2D eigenvalue weighted by molar-refractivity contribution is 0.102. The average molecular weight is 324 g/mol. The first kappa shape index (κ1) is 15.5. The Bertz CT molecular complexity index is 686. The Balaban J connectivity index is 2.21. The van der Waals surface area contributed by atoms with E-state index in [-0.39, 0.29) is 5.91 Å². The summed E-state index contributed by atoms with van der Waals surface area (Å²) in [4.78, 5) is 12.9. The second kappa shape index (κ2) is 6.74. The highest BCUT2D eigenvalue weighted by Gasteiger charge is 2.10. The number of anilines is 1. The predicted octanol–water partition coefficient (Wildman–Crippen LogP) is 3.34. The Kier molecular flexibility index (Phi) is 4.98. The highest BCUT2D eigenvalue weighted by atomic mass is 35.5. The van der Waals surface area contributed by atoms with Gasteiger partial charge in [0, 0.05) is 32.5 Å². The maximum atomic E-state index is 12.2. The summed E-state index contributed by atoms with van der Waals surface area (Å²) in [5.74, 6) is 0.239. The predicted molar refractivity (Wildman–Crippen MR) is 84.7 cm³/mol. The number of carbonyl (C=O) groups excluding carboxylic acids is 1. The fourth-order valence-electron chi connectivity index (χ4n) is 1.77. The fraction of sp³-hybridized carbons (Fsp3) is 0.133. The van der Waals surface area contributed by atoms with Gasteiger partial charge in [0.15, 0.2) is 0 Å². The second-order valence-electron chi connectivity index (χ2n) is 4.28. The summed E-state index contributed by atoms with van der Waals surface area (Å²) in [6.45, 7) is 0. The lowest BCUT2D eigenvalue weighted by Crippen LogP contribution is -2.12. The molecule has 1 unspecified atom stereocenters. The Morgan fingerprint density at radius 2 is 1.86 bits per heavy atom. The van der Waals surface area contributed by atoms with Crippen molar-refractivity contribution >= 4 is 34.0 Å². The second-order valence-corrected chi connectivity index (χ2v) is 6.09. The van der Waals surface area contributed by atoms with Crippen LogP contribution in [0.15, 0.2) is 47.4 Å². The van der Waals surface area contributed by atoms with Crippen LogP contribution in [0, 0.1) is 0 Å². The molecular weight excluding hydrogens is 310 g/mol. The van der Waals surface area contributed by atoms with Gasteiger partial charge >= 0.3 is 0 Å². The molecule has 0 bridgehead atoms. The maximum Gasteiger partial charge on any atom is 0.255 e. The molecule has 2 rings (SSSR count). The van der Waals surface area contributed by atoms with E-state index in [4.69, 9.17) is 16.3 Å². The molecule has 0 aromatic heterocycles. The van der Waals surface area contributed by atoms with Gasteiger partial charge in [0.1, 0.15) is 5.75 Å². The van der Waals surface area contributed by atoms with Gasteiger partial charge in [-0.1, -0.05) is 11.6 Å². The lowest BCUT2D eigenvalue weighted by atomic mass is 10.2. The molecule has 0 saturated carbocycles. The number of nitrogens with one attached hydrogen (secondary N) is 1. The van der Waals surface area contributed by atoms with Gasteiger partial charge in [-0.15, -0.1) is 0 Å². The number of methoxy groups -OCH3 is 1. The summed E-state index contributed by atoms with van der Waals surface area (Å²) >= 11 is 5.92. The Hall–Kier alpha value is -1.85. The van der Waals surface area contributed by atoms with Gasteiger partial charge in [0.25, 0.3) is 5.91 Å². The molecule has 1 N–H and O–H groups in total. The van der Waals surface area contributed by atoms with Crippen LogP contribution < -0.4 is 10.1 Å². The quantitative estimate of drug-likeness (QED) is 0.939. The standard InChI is InChI=1S/C15H14ClNO3S/c1-20-14-8-5-11(16)9-13(14)17-15(18)10-3-6-12(7-4-10)21(2)19/h3-9H,1-2H3,(H,17,18). The summed E-state index contributed by atoms with van der Waals surface area (Å²) in [5.41, 5.74) is 0.962. The molecule has 1 atom stereocenters. The summed E-state index contributed by atoms with van der Waals surface area (Å²) in [6.07, 6.45) is 1.59. The maximum absolute atomic E-state index is 12.2. The third-order valence-electron chi connectivity index (χ3n) is 2.86. The van der Waals surface area contributed by atoms with E-state index in [2.05, 4.69) is 5.32 Å². The molecule has 4 nitrogen and oxygen atoms in total. The van der Waals surface area contributed by atoms with Gasteiger partial charge in [-0.3, -0.25) is 9.00 Å². The molecule has 0 radical (unpaired) electrons. The van der Waals surface area contributed by atoms with E-state index in [9.17, 15) is 9.00 Å². The molecule has 110 valence electrons. The van der Waals surface area contributed by atoms with E-state index in [0.717, 1.165) is 0 Å². The number of carbonyl (C=O) groups is 1. The van der Waals surface area contributed by atoms with Crippen LogP contribution in [0.5, 0.6) is 5.75 Å². The number of halogens is 1. The van der Waals surface area contributed by atoms with Gasteiger partial charge in [-0.05, 0) is 42.5 Å². The van der Waals surface area contributed by atoms with Crippen molar-refractivity contribution in [2.45, 2.75) is 4.90 Å². The molecule has 0 heterocycles. The average Bonchev–Trinajstić information content (AvgIpc) is 2.47. The van der Waals surface area contributed by atoms with Crippen LogP contribution in [0.25, 0.3) is 0 Å². The van der Waals surface area contributed by atoms with Crippen LogP contribution in [0.1, 0.15) is 10.4 Å². The van der Waals surface area contributed by atoms with Crippen molar-refractivity contribution in [1.82, 2.24) is 0 Å². The normalized spacial score (nSPS) is 11.8. The molecule has 6 heteroatoms. The zero-order valence-electron chi connectivity index (χ0n) is 11.6. The van der Waals surface area contributed by atoms with Crippen molar-refractivity contribution in [2.24, 2.45) is 0 Å². The van der Waals surface area contributed by atoms with Gasteiger partial charge in [-0.25, -0.2) is 0 Å². The van der Waals surface area contributed by atoms with Gasteiger partial charge in [-0.2, -0.15) is 0 Å². The highest BCUT2D eigenvalue weighted by Crippen LogP contribution is 2.28. The first-order valence-electron chi connectivity index (χ1n) is 6.09. The van der Waals surface area contributed by atoms with Gasteiger partial charge < -0.3 is 10.1 Å². The van der Waals surface area contributed by atoms with Crippen LogP contribution in [0.4, 0.5) is 5.69 Å². The molecular formula is C15H14ClNO3S. The molecule has 0 saturated heterocycles. The Labute approximate surface area is 130 Å². The number of amides is 1. The first-order chi connectivity index (χ1) is 10.0. The summed E-state index contributed by atoms with van der Waals surface area (Å²) < 4.78 is 16.5. The smallest absolute Gasteiger partial charge is 0.255 e. The van der Waals surface area contributed by atoms with E-state index in [1.807, 2.05) is 0 Å². The van der Waals surface area contributed by atoms with E-state index in [0.29, 0.717) is 26.9 Å². The third kappa shape index (κ3) is 3.83. The fourth-order valence-corrected chi connectivity index (χ4v) is 2.46. The van der Waals surface area contributed by atoms with E-state index >= 15 is 0 Å². The van der Waals surface area contributed by atoms with Gasteiger partial charge in [0.05, 0.1) is 12.8 Å². The topological polar surface area (TPSA) is 55.4 Å². The van der Waals surface area contributed by atoms with Crippen molar-refractivity contribution in [3.8, 4) is 5.75 Å². The van der Waals surface area contributed by atoms with Gasteiger partial charge in [0.2, 0.25) is 0 Å². The number of hydrogen-bond acceptors (Lipinski definition) is 3. The zero-order chi connectivity index (χ0) is 15.4. The first-order valence-corrected chi connectivity index (χ1v) is 8.03. The van der Waals surface area contributed by atoms with Crippen molar-refractivity contribution in [3.63, 3.8) is 0 Å². The molecule has 2 aromatic carbocycles. The monoisotopic (exact) mass is 323 g/mol. The number of rotatable bonds is 4. The minimum absolute atomic E-state index is 0.288. The van der Waals surface area contributed by atoms with Crippen LogP contribution in [-0.4, -0.2) is 23.5 Å². The molecule has 1 amide bonds. The minimum atomic E-state index is -1.07. The van der Waals surface area contributed by atoms with E-state index in [1.54, 1.807) is 48.7 Å². The number of ether oxygens (including phenoxy) is 1. The lowest BCUT2D eigenvalue weighted by Gasteiger charge is -2.10. The Morgan fingerprint density at radius 3 is 2.43 bits per heavy atom. The Morgan fingerprint density at radius 1 is 1.19 bits per heavy atom. The molecule has 0 fully saturated rings. The van der Waals surface area contributed by atoms with E-state index < -0.39 is 10.8 Å². The number of benzene rings is 2. The van der Waals surface area contributed by atoms with Crippen LogP contribution in [0.3, 0.4) is 0 Å². The molecule has 21 heavy (non-hydrogen) atoms. The summed E-state index contributed by atoms with van der Waals surface area (Å²) in [6, 6.07) is 11.6. The molecule has 2 aromatic rings. The van der Waals surface area contributed by atoms with Crippen molar-refractivity contribution in [1.29, 1.82) is 0 Å². The molecule has 0 aliphatic heterocycles. The SMILES string of the molecule is COc1ccc(Cl)cc1NC(=O)c1ccc(S(C)=O)cc1. The molecule has 0 aliphatic rings. The summed E-state index contributed by atoms with van der Waals surface area (Å²) in [5, 5.41) is 3.25. The van der Waals surface area contributed by atoms with E-state index in [1.165, 1.54) is 7.11 Å². The largest absolute Gasteiger partial charge is 0.495 e.